The maximum Gasteiger partial charge on any atom is 0.227 e. The number of nitrogens with zero attached hydrogens (tertiary/aromatic N) is 1. The number of amides is 2. The summed E-state index contributed by atoms with van der Waals surface area (Å²) in [6, 6.07) is 17.1. The molecule has 1 saturated heterocycles. The molecule has 0 bridgehead atoms. The highest BCUT2D eigenvalue weighted by atomic mass is 35.5. The summed E-state index contributed by atoms with van der Waals surface area (Å²) in [4.78, 5) is 26.1. The van der Waals surface area contributed by atoms with Gasteiger partial charge in [-0.1, -0.05) is 41.9 Å². The fraction of sp³-hybridized carbons (Fsp3) is 0.263. The summed E-state index contributed by atoms with van der Waals surface area (Å²) < 4.78 is 0. The smallest absolute Gasteiger partial charge is 0.227 e. The van der Waals surface area contributed by atoms with Crippen LogP contribution in [0.4, 0.5) is 5.69 Å². The molecule has 4 nitrogen and oxygen atoms in total. The van der Waals surface area contributed by atoms with Gasteiger partial charge in [-0.2, -0.15) is 0 Å². The third-order valence-corrected chi connectivity index (χ3v) is 4.44. The number of nitrogens with one attached hydrogen (secondary N) is 1. The Hall–Kier alpha value is -2.33. The number of anilines is 1. The van der Waals surface area contributed by atoms with E-state index < -0.39 is 0 Å². The van der Waals surface area contributed by atoms with E-state index in [-0.39, 0.29) is 24.2 Å². The first kappa shape index (κ1) is 16.5. The molecule has 2 aromatic rings. The average Bonchev–Trinajstić information content (AvgIpc) is 2.98. The summed E-state index contributed by atoms with van der Waals surface area (Å²) in [5.74, 6) is -0.389. The molecule has 1 heterocycles. The van der Waals surface area contributed by atoms with Crippen LogP contribution in [0.2, 0.25) is 5.02 Å². The quantitative estimate of drug-likeness (QED) is 0.908. The largest absolute Gasteiger partial charge is 0.355 e. The number of carbonyl (C=O) groups is 2. The highest BCUT2D eigenvalue weighted by molar-refractivity contribution is 6.30. The van der Waals surface area contributed by atoms with E-state index >= 15 is 0 Å². The topological polar surface area (TPSA) is 49.4 Å². The minimum Gasteiger partial charge on any atom is -0.355 e. The van der Waals surface area contributed by atoms with Gasteiger partial charge >= 0.3 is 0 Å². The molecule has 0 unspecified atom stereocenters. The fourth-order valence-corrected chi connectivity index (χ4v) is 3.00. The Morgan fingerprint density at radius 1 is 1.12 bits per heavy atom. The Labute approximate surface area is 146 Å². The molecule has 2 aromatic carbocycles. The zero-order chi connectivity index (χ0) is 16.9. The second-order valence-corrected chi connectivity index (χ2v) is 6.34. The van der Waals surface area contributed by atoms with Gasteiger partial charge in [0.2, 0.25) is 11.8 Å². The molecule has 0 spiro atoms. The van der Waals surface area contributed by atoms with Crippen molar-refractivity contribution in [3.63, 3.8) is 0 Å². The molecular weight excluding hydrogens is 324 g/mol. The maximum absolute atomic E-state index is 12.3. The number of halogens is 1. The van der Waals surface area contributed by atoms with Gasteiger partial charge in [-0.05, 0) is 36.2 Å². The van der Waals surface area contributed by atoms with Crippen LogP contribution in [0.5, 0.6) is 0 Å². The van der Waals surface area contributed by atoms with Crippen LogP contribution in [0, 0.1) is 5.92 Å². The third kappa shape index (κ3) is 3.95. The molecule has 1 aliphatic rings. The molecule has 3 rings (SSSR count). The first-order valence-electron chi connectivity index (χ1n) is 8.01. The molecule has 5 heteroatoms. The van der Waals surface area contributed by atoms with E-state index in [0.717, 1.165) is 12.1 Å². The van der Waals surface area contributed by atoms with Gasteiger partial charge < -0.3 is 10.2 Å². The van der Waals surface area contributed by atoms with Gasteiger partial charge in [0.15, 0.2) is 0 Å². The van der Waals surface area contributed by atoms with Gasteiger partial charge in [0.25, 0.3) is 0 Å². The van der Waals surface area contributed by atoms with E-state index in [1.807, 2.05) is 30.3 Å². The molecule has 0 radical (unpaired) electrons. The number of rotatable bonds is 5. The summed E-state index contributed by atoms with van der Waals surface area (Å²) in [6.45, 7) is 0.992. The van der Waals surface area contributed by atoms with E-state index in [9.17, 15) is 9.59 Å². The molecule has 1 N–H and O–H groups in total. The Bertz CT molecular complexity index is 716. The predicted octanol–water partition coefficient (Wildman–Crippen LogP) is 3.05. The Morgan fingerprint density at radius 2 is 1.83 bits per heavy atom. The van der Waals surface area contributed by atoms with Gasteiger partial charge in [-0.3, -0.25) is 9.59 Å². The van der Waals surface area contributed by atoms with Crippen molar-refractivity contribution in [2.75, 3.05) is 18.0 Å². The lowest BCUT2D eigenvalue weighted by molar-refractivity contribution is -0.126. The van der Waals surface area contributed by atoms with E-state index in [2.05, 4.69) is 5.32 Å². The SMILES string of the molecule is O=C(NCCc1ccccc1)[C@@H]1CC(=O)N(c2ccc(Cl)cc2)C1. The number of hydrogen-bond donors (Lipinski definition) is 1. The van der Waals surface area contributed by atoms with Crippen LogP contribution in [0.1, 0.15) is 12.0 Å². The molecule has 0 aromatic heterocycles. The Balaban J connectivity index is 1.53. The van der Waals surface area contributed by atoms with Crippen molar-refractivity contribution in [1.29, 1.82) is 0 Å². The van der Waals surface area contributed by atoms with E-state index in [1.165, 1.54) is 5.56 Å². The van der Waals surface area contributed by atoms with Gasteiger partial charge in [-0.15, -0.1) is 0 Å². The number of carbonyl (C=O) groups excluding carboxylic acids is 2. The van der Waals surface area contributed by atoms with Gasteiger partial charge in [-0.25, -0.2) is 0 Å². The molecule has 1 atom stereocenters. The Morgan fingerprint density at radius 3 is 2.54 bits per heavy atom. The highest BCUT2D eigenvalue weighted by Gasteiger charge is 2.34. The molecule has 0 aliphatic carbocycles. The van der Waals surface area contributed by atoms with E-state index in [0.29, 0.717) is 18.1 Å². The first-order valence-corrected chi connectivity index (χ1v) is 8.39. The summed E-state index contributed by atoms with van der Waals surface area (Å²) in [5, 5.41) is 3.56. The normalized spacial score (nSPS) is 17.1. The van der Waals surface area contributed by atoms with Crippen molar-refractivity contribution in [2.45, 2.75) is 12.8 Å². The van der Waals surface area contributed by atoms with Crippen LogP contribution in [-0.2, 0) is 16.0 Å². The summed E-state index contributed by atoms with van der Waals surface area (Å²) in [6.07, 6.45) is 1.04. The van der Waals surface area contributed by atoms with Crippen molar-refractivity contribution in [1.82, 2.24) is 5.32 Å². The van der Waals surface area contributed by atoms with Gasteiger partial charge in [0.1, 0.15) is 0 Å². The van der Waals surface area contributed by atoms with E-state index in [4.69, 9.17) is 11.6 Å². The minimum atomic E-state index is -0.302. The fourth-order valence-electron chi connectivity index (χ4n) is 2.87. The van der Waals surface area contributed by atoms with Crippen molar-refractivity contribution in [3.8, 4) is 0 Å². The van der Waals surface area contributed by atoms with Crippen LogP contribution >= 0.6 is 11.6 Å². The summed E-state index contributed by atoms with van der Waals surface area (Å²) in [7, 11) is 0. The predicted molar refractivity (Wildman–Crippen MR) is 95.1 cm³/mol. The molecular formula is C19H19ClN2O2. The van der Waals surface area contributed by atoms with Gasteiger partial charge in [0.05, 0.1) is 5.92 Å². The summed E-state index contributed by atoms with van der Waals surface area (Å²) >= 11 is 5.87. The van der Waals surface area contributed by atoms with Crippen LogP contribution in [0.3, 0.4) is 0 Å². The molecule has 0 saturated carbocycles. The molecule has 2 amide bonds. The monoisotopic (exact) mass is 342 g/mol. The highest BCUT2D eigenvalue weighted by Crippen LogP contribution is 2.26. The lowest BCUT2D eigenvalue weighted by Crippen LogP contribution is -2.34. The summed E-state index contributed by atoms with van der Waals surface area (Å²) in [5.41, 5.74) is 1.96. The lowest BCUT2D eigenvalue weighted by Gasteiger charge is -2.16. The molecule has 124 valence electrons. The minimum absolute atomic E-state index is 0.0273. The van der Waals surface area contributed by atoms with E-state index in [1.54, 1.807) is 29.2 Å². The van der Waals surface area contributed by atoms with Gasteiger partial charge in [0, 0.05) is 30.2 Å². The number of hydrogen-bond acceptors (Lipinski definition) is 2. The molecule has 24 heavy (non-hydrogen) atoms. The zero-order valence-electron chi connectivity index (χ0n) is 13.2. The van der Waals surface area contributed by atoms with Crippen molar-refractivity contribution in [2.24, 2.45) is 5.92 Å². The van der Waals surface area contributed by atoms with Crippen LogP contribution < -0.4 is 10.2 Å². The zero-order valence-corrected chi connectivity index (χ0v) is 14.0. The maximum atomic E-state index is 12.3. The lowest BCUT2D eigenvalue weighted by atomic mass is 10.1. The van der Waals surface area contributed by atoms with Crippen LogP contribution in [-0.4, -0.2) is 24.9 Å². The number of benzene rings is 2. The second-order valence-electron chi connectivity index (χ2n) is 5.91. The second kappa shape index (κ2) is 7.49. The van der Waals surface area contributed by atoms with Crippen molar-refractivity contribution >= 4 is 29.1 Å². The standard InChI is InChI=1S/C19H19ClN2O2/c20-16-6-8-17(9-7-16)22-13-15(12-18(22)23)19(24)21-11-10-14-4-2-1-3-5-14/h1-9,15H,10-13H2,(H,21,24)/t15-/m1/s1. The van der Waals surface area contributed by atoms with Crippen molar-refractivity contribution < 1.29 is 9.59 Å². The molecule has 1 aliphatic heterocycles. The van der Waals surface area contributed by atoms with Crippen LogP contribution in [0.15, 0.2) is 54.6 Å². The van der Waals surface area contributed by atoms with Crippen LogP contribution in [0.25, 0.3) is 0 Å². The third-order valence-electron chi connectivity index (χ3n) is 4.19. The Kier molecular flexibility index (Phi) is 5.16. The average molecular weight is 343 g/mol. The first-order chi connectivity index (χ1) is 11.6. The molecule has 1 fully saturated rings. The van der Waals surface area contributed by atoms with Crippen molar-refractivity contribution in [3.05, 3.63) is 65.2 Å².